The Morgan fingerprint density at radius 2 is 1.10 bits per heavy atom. The summed E-state index contributed by atoms with van der Waals surface area (Å²) >= 11 is 9.13. The number of hydrogen-bond donors (Lipinski definition) is 2. The van der Waals surface area contributed by atoms with Gasteiger partial charge in [0.15, 0.2) is 10.3 Å². The van der Waals surface area contributed by atoms with Crippen LogP contribution in [0.15, 0.2) is 115 Å². The molecule has 4 aliphatic rings. The molecule has 4 aliphatic heterocycles. The summed E-state index contributed by atoms with van der Waals surface area (Å²) in [6.07, 6.45) is -3.49. The van der Waals surface area contributed by atoms with Crippen LogP contribution in [0.5, 0.6) is 0 Å². The molecule has 1 atom stereocenters. The van der Waals surface area contributed by atoms with Crippen molar-refractivity contribution in [2.24, 2.45) is 0 Å². The van der Waals surface area contributed by atoms with Crippen LogP contribution in [0, 0.1) is 0 Å². The Hall–Kier alpha value is -7.96. The molecule has 18 nitrogen and oxygen atoms in total. The number of alkyl halides is 3. The van der Waals surface area contributed by atoms with Gasteiger partial charge in [0.1, 0.15) is 17.5 Å². The zero-order valence-electron chi connectivity index (χ0n) is 40.8. The van der Waals surface area contributed by atoms with E-state index in [4.69, 9.17) is 52.5 Å². The molecular formula is C53H46ClF3N14O4S2. The van der Waals surface area contributed by atoms with Gasteiger partial charge in [0.25, 0.3) is 0 Å². The van der Waals surface area contributed by atoms with Crippen LogP contribution in [0.2, 0.25) is 5.02 Å². The number of halogens is 4. The molecule has 8 aromatic rings. The van der Waals surface area contributed by atoms with E-state index in [0.29, 0.717) is 116 Å². The Morgan fingerprint density at radius 3 is 1.69 bits per heavy atom. The van der Waals surface area contributed by atoms with Gasteiger partial charge in [-0.05, 0) is 96.1 Å². The lowest BCUT2D eigenvalue weighted by molar-refractivity contribution is -0.137. The summed E-state index contributed by atoms with van der Waals surface area (Å²) in [5.74, 6) is 0.116. The number of thiazole rings is 2. The van der Waals surface area contributed by atoms with Crippen molar-refractivity contribution < 1.29 is 32.2 Å². The van der Waals surface area contributed by atoms with E-state index in [9.17, 15) is 22.8 Å². The van der Waals surface area contributed by atoms with Gasteiger partial charge in [-0.3, -0.25) is 19.6 Å². The number of nitrogen functional groups attached to an aromatic ring is 2. The number of morpholine rings is 2. The fourth-order valence-electron chi connectivity index (χ4n) is 9.77. The van der Waals surface area contributed by atoms with E-state index in [1.54, 1.807) is 39.1 Å². The highest BCUT2D eigenvalue weighted by atomic mass is 35.5. The highest BCUT2D eigenvalue weighted by Crippen LogP contribution is 2.45. The molecule has 0 saturated carbocycles. The van der Waals surface area contributed by atoms with Gasteiger partial charge in [0, 0.05) is 79.8 Å². The van der Waals surface area contributed by atoms with E-state index in [1.165, 1.54) is 39.7 Å². The highest BCUT2D eigenvalue weighted by molar-refractivity contribution is 7.19. The van der Waals surface area contributed by atoms with Crippen molar-refractivity contribution in [1.29, 1.82) is 0 Å². The van der Waals surface area contributed by atoms with Crippen molar-refractivity contribution in [2.45, 2.75) is 12.3 Å². The molecule has 4 aromatic carbocycles. The zero-order valence-corrected chi connectivity index (χ0v) is 43.2. The summed E-state index contributed by atoms with van der Waals surface area (Å²) in [7, 11) is 0. The molecule has 4 saturated heterocycles. The molecule has 4 fully saturated rings. The lowest BCUT2D eigenvalue weighted by Gasteiger charge is -2.32. The van der Waals surface area contributed by atoms with Crippen LogP contribution in [0.4, 0.5) is 67.7 Å². The summed E-state index contributed by atoms with van der Waals surface area (Å²) in [4.78, 5) is 68.7. The van der Waals surface area contributed by atoms with E-state index < -0.39 is 17.8 Å². The quantitative estimate of drug-likeness (QED) is 0.124. The molecule has 77 heavy (non-hydrogen) atoms. The minimum absolute atomic E-state index is 0.0443. The predicted molar refractivity (Wildman–Crippen MR) is 293 cm³/mol. The van der Waals surface area contributed by atoms with E-state index in [2.05, 4.69) is 19.8 Å². The van der Waals surface area contributed by atoms with E-state index in [0.717, 1.165) is 49.5 Å². The van der Waals surface area contributed by atoms with Crippen molar-refractivity contribution in [3.63, 3.8) is 0 Å². The Labute approximate surface area is 451 Å². The van der Waals surface area contributed by atoms with E-state index >= 15 is 0 Å². The lowest BCUT2D eigenvalue weighted by Crippen LogP contribution is -2.38. The van der Waals surface area contributed by atoms with Crippen LogP contribution in [-0.2, 0) is 15.7 Å². The van der Waals surface area contributed by atoms with Gasteiger partial charge >= 0.3 is 18.2 Å². The molecule has 8 heterocycles. The maximum absolute atomic E-state index is 13.9. The summed E-state index contributed by atoms with van der Waals surface area (Å²) in [6.45, 7) is 5.25. The topological polar surface area (TPSA) is 201 Å². The Bertz CT molecular complexity index is 3530. The first kappa shape index (κ1) is 49.9. The number of rotatable bonds is 11. The Morgan fingerprint density at radius 1 is 0.571 bits per heavy atom. The van der Waals surface area contributed by atoms with Crippen molar-refractivity contribution >= 4 is 91.2 Å². The van der Waals surface area contributed by atoms with Gasteiger partial charge in [0.05, 0.1) is 58.8 Å². The van der Waals surface area contributed by atoms with Crippen LogP contribution < -0.4 is 40.9 Å². The smallest absolute Gasteiger partial charge is 0.378 e. The van der Waals surface area contributed by atoms with Gasteiger partial charge in [-0.25, -0.2) is 39.5 Å². The Kier molecular flexibility index (Phi) is 13.3. The number of benzene rings is 4. The number of urea groups is 2. The van der Waals surface area contributed by atoms with Crippen LogP contribution >= 0.6 is 34.3 Å². The predicted octanol–water partition coefficient (Wildman–Crippen LogP) is 9.99. The molecule has 0 bridgehead atoms. The first-order chi connectivity index (χ1) is 37.3. The first-order valence-electron chi connectivity index (χ1n) is 24.6. The third-order valence-corrected chi connectivity index (χ3v) is 16.2. The van der Waals surface area contributed by atoms with Crippen molar-refractivity contribution in [3.05, 3.63) is 132 Å². The van der Waals surface area contributed by atoms with Gasteiger partial charge in [0.2, 0.25) is 11.9 Å². The molecule has 0 aliphatic carbocycles. The minimum atomic E-state index is -4.49. The molecule has 0 radical (unpaired) electrons. The van der Waals surface area contributed by atoms with Gasteiger partial charge in [-0.15, -0.1) is 0 Å². The molecule has 12 rings (SSSR count). The number of amides is 4. The average molecular weight is 1100 g/mol. The second-order valence-electron chi connectivity index (χ2n) is 18.4. The number of ether oxygens (including phenoxy) is 2. The van der Waals surface area contributed by atoms with Crippen molar-refractivity contribution in [2.75, 3.05) is 113 Å². The number of carbonyl (C=O) groups is 2. The molecule has 1 unspecified atom stereocenters. The lowest BCUT2D eigenvalue weighted by atomic mass is 10.1. The monoisotopic (exact) mass is 1100 g/mol. The normalized spacial score (nSPS) is 17.3. The largest absolute Gasteiger partial charge is 0.416 e. The number of anilines is 8. The van der Waals surface area contributed by atoms with Gasteiger partial charge in [-0.1, -0.05) is 58.5 Å². The Balaban J connectivity index is 0.836. The second-order valence-corrected chi connectivity index (χ2v) is 20.8. The third kappa shape index (κ3) is 10.0. The number of hydrogen-bond acceptors (Lipinski definition) is 16. The summed E-state index contributed by atoms with van der Waals surface area (Å²) < 4.78 is 52.1. The number of aromatic nitrogens is 6. The van der Waals surface area contributed by atoms with Gasteiger partial charge in [-0.2, -0.15) is 13.2 Å². The molecule has 4 amide bonds. The van der Waals surface area contributed by atoms with E-state index in [1.807, 2.05) is 66.7 Å². The highest BCUT2D eigenvalue weighted by Gasteiger charge is 2.36. The molecule has 392 valence electrons. The van der Waals surface area contributed by atoms with Crippen LogP contribution in [0.3, 0.4) is 0 Å². The number of nitrogens with zero attached hydrogens (tertiary/aromatic N) is 12. The third-order valence-electron chi connectivity index (χ3n) is 13.6. The molecular weight excluding hydrogens is 1050 g/mol. The summed E-state index contributed by atoms with van der Waals surface area (Å²) in [5.41, 5.74) is 18.7. The fraction of sp³-hybridized carbons (Fsp3) is 0.245. The minimum Gasteiger partial charge on any atom is -0.378 e. The van der Waals surface area contributed by atoms with Gasteiger partial charge < -0.3 is 30.7 Å². The van der Waals surface area contributed by atoms with Crippen LogP contribution in [-0.4, -0.2) is 114 Å². The summed E-state index contributed by atoms with van der Waals surface area (Å²) in [5, 5.41) is 2.06. The SMILES string of the molecule is Nc1nccc(-c2nc(N3CCOC(c4cc(-c5nc(N6CCOCC6)sc5-c5cccc(N6CCN(c7ccc(Cl)cc7)C6=O)c5)nc(N)n4)C3)sc2-c2cccc(N3CCN(c4ccc(C(F)(F)F)cc4)C3=O)c2)n1. The molecule has 0 spiro atoms. The number of carbonyl (C=O) groups excluding carboxylic acids is 2. The number of nitrogens with two attached hydrogens (primary N) is 2. The molecule has 4 aromatic heterocycles. The summed E-state index contributed by atoms with van der Waals surface area (Å²) in [6, 6.07) is 30.3. The standard InChI is InChI=1S/C53H46ClF3N14O4S2/c54-34-9-13-36(14-10-34)69-18-20-71(52(69)73)38-6-2-4-32(28-38)46-44(65-49(76-46)66-21-24-74-25-22-66)41-29-40(62-48(59)63-41)42-30-67(23-26-75-42)50-64-43(39-15-16-60-47(58)61-39)45(77-50)31-3-1-5-37(27-31)70-19-17-68(51(70)72)35-11-7-33(8-12-35)53(55,56)57/h1-16,27-29,42H,17-26,30H2,(H2,58,60,61)(H2,59,62,63). The average Bonchev–Trinajstić information content (AvgIpc) is 4.31. The first-order valence-corrected chi connectivity index (χ1v) is 26.6. The maximum Gasteiger partial charge on any atom is 0.416 e. The van der Waals surface area contributed by atoms with Crippen molar-refractivity contribution in [3.8, 4) is 43.7 Å². The fourth-order valence-corrected chi connectivity index (χ4v) is 12.1. The molecule has 4 N–H and O–H groups in total. The molecule has 24 heteroatoms. The zero-order chi connectivity index (χ0) is 53.0. The second kappa shape index (κ2) is 20.5. The van der Waals surface area contributed by atoms with Crippen LogP contribution in [0.1, 0.15) is 17.4 Å². The van der Waals surface area contributed by atoms with Crippen LogP contribution in [0.25, 0.3) is 43.7 Å². The van der Waals surface area contributed by atoms with E-state index in [-0.39, 0.29) is 30.5 Å². The maximum atomic E-state index is 13.9. The van der Waals surface area contributed by atoms with Crippen molar-refractivity contribution in [1.82, 2.24) is 29.9 Å².